The van der Waals surface area contributed by atoms with Crippen molar-refractivity contribution in [3.8, 4) is 0 Å². The number of hydrogen-bond donors (Lipinski definition) is 1. The van der Waals surface area contributed by atoms with Crippen molar-refractivity contribution in [2.24, 2.45) is 12.2 Å². The van der Waals surface area contributed by atoms with Crippen molar-refractivity contribution in [3.05, 3.63) is 34.2 Å². The lowest BCUT2D eigenvalue weighted by atomic mass is 10.3. The van der Waals surface area contributed by atoms with E-state index in [2.05, 4.69) is 0 Å². The summed E-state index contributed by atoms with van der Waals surface area (Å²) in [6, 6.07) is 2.80. The van der Waals surface area contributed by atoms with Crippen LogP contribution in [0, 0.1) is 0 Å². The molecule has 0 fully saturated rings. The first-order chi connectivity index (χ1) is 5.88. The van der Waals surface area contributed by atoms with E-state index < -0.39 is 10.0 Å². The van der Waals surface area contributed by atoms with Crippen molar-refractivity contribution >= 4 is 10.0 Å². The number of pyridine rings is 1. The predicted molar refractivity (Wildman–Crippen MR) is 48.5 cm³/mol. The molecule has 0 atom stereocenters. The Kier molecular flexibility index (Phi) is 2.53. The predicted octanol–water partition coefficient (Wildman–Crippen LogP) is -0.826. The SMILES string of the molecule is Cn1ccc(CS(N)(=O)=O)cc1=O. The summed E-state index contributed by atoms with van der Waals surface area (Å²) in [7, 11) is -1.97. The van der Waals surface area contributed by atoms with Crippen molar-refractivity contribution in [2.75, 3.05) is 0 Å². The van der Waals surface area contributed by atoms with Crippen LogP contribution in [0.5, 0.6) is 0 Å². The van der Waals surface area contributed by atoms with Gasteiger partial charge in [-0.3, -0.25) is 4.79 Å². The molecule has 1 heterocycles. The molecular formula is C7H10N2O3S. The normalized spacial score (nSPS) is 11.5. The van der Waals surface area contributed by atoms with Crippen molar-refractivity contribution in [2.45, 2.75) is 5.75 Å². The lowest BCUT2D eigenvalue weighted by Gasteiger charge is -2.00. The van der Waals surface area contributed by atoms with Crippen LogP contribution >= 0.6 is 0 Å². The van der Waals surface area contributed by atoms with E-state index in [4.69, 9.17) is 5.14 Å². The van der Waals surface area contributed by atoms with Gasteiger partial charge >= 0.3 is 0 Å². The maximum Gasteiger partial charge on any atom is 0.250 e. The summed E-state index contributed by atoms with van der Waals surface area (Å²) in [6.07, 6.45) is 1.50. The maximum absolute atomic E-state index is 11.1. The van der Waals surface area contributed by atoms with Gasteiger partial charge in [0.2, 0.25) is 10.0 Å². The fourth-order valence-corrected chi connectivity index (χ4v) is 1.56. The zero-order chi connectivity index (χ0) is 10.1. The molecule has 0 aromatic carbocycles. The highest BCUT2D eigenvalue weighted by atomic mass is 32.2. The highest BCUT2D eigenvalue weighted by Gasteiger charge is 2.05. The summed E-state index contributed by atoms with van der Waals surface area (Å²) in [6.45, 7) is 0. The fraction of sp³-hybridized carbons (Fsp3) is 0.286. The van der Waals surface area contributed by atoms with Crippen LogP contribution in [0.4, 0.5) is 0 Å². The Hall–Kier alpha value is -1.14. The second-order valence-electron chi connectivity index (χ2n) is 2.79. The summed E-state index contributed by atoms with van der Waals surface area (Å²) < 4.78 is 22.7. The molecule has 0 bridgehead atoms. The van der Waals surface area contributed by atoms with Gasteiger partial charge in [-0.2, -0.15) is 0 Å². The van der Waals surface area contributed by atoms with E-state index in [1.165, 1.54) is 16.8 Å². The van der Waals surface area contributed by atoms with E-state index in [0.29, 0.717) is 5.56 Å². The maximum atomic E-state index is 11.1. The van der Waals surface area contributed by atoms with Gasteiger partial charge in [0.25, 0.3) is 5.56 Å². The molecule has 0 aliphatic rings. The van der Waals surface area contributed by atoms with E-state index in [1.54, 1.807) is 13.1 Å². The van der Waals surface area contributed by atoms with Gasteiger partial charge in [0.15, 0.2) is 0 Å². The van der Waals surface area contributed by atoms with Gasteiger partial charge < -0.3 is 4.57 Å². The molecule has 13 heavy (non-hydrogen) atoms. The lowest BCUT2D eigenvalue weighted by Crippen LogP contribution is -2.19. The van der Waals surface area contributed by atoms with Gasteiger partial charge in [-0.05, 0) is 11.6 Å². The first-order valence-corrected chi connectivity index (χ1v) is 5.26. The molecule has 0 saturated heterocycles. The first-order valence-electron chi connectivity index (χ1n) is 3.54. The molecule has 0 spiro atoms. The number of aromatic nitrogens is 1. The largest absolute Gasteiger partial charge is 0.319 e. The van der Waals surface area contributed by atoms with Gasteiger partial charge in [0.05, 0.1) is 5.75 Å². The van der Waals surface area contributed by atoms with Crippen LogP contribution < -0.4 is 10.7 Å². The zero-order valence-corrected chi connectivity index (χ0v) is 7.91. The lowest BCUT2D eigenvalue weighted by molar-refractivity contribution is 0.597. The van der Waals surface area contributed by atoms with Gasteiger partial charge in [0, 0.05) is 19.3 Å². The van der Waals surface area contributed by atoms with Gasteiger partial charge in [-0.15, -0.1) is 0 Å². The molecule has 6 heteroatoms. The number of rotatable bonds is 2. The number of nitrogens with two attached hydrogens (primary N) is 1. The number of primary sulfonamides is 1. The minimum atomic E-state index is -3.55. The average Bonchev–Trinajstić information content (AvgIpc) is 1.94. The molecule has 0 amide bonds. The van der Waals surface area contributed by atoms with Crippen molar-refractivity contribution in [3.63, 3.8) is 0 Å². The van der Waals surface area contributed by atoms with Crippen LogP contribution in [-0.4, -0.2) is 13.0 Å². The Labute approximate surface area is 75.9 Å². The number of sulfonamides is 1. The molecule has 0 aliphatic heterocycles. The van der Waals surface area contributed by atoms with E-state index in [9.17, 15) is 13.2 Å². The Morgan fingerprint density at radius 3 is 2.62 bits per heavy atom. The Bertz CT molecular complexity index is 461. The average molecular weight is 202 g/mol. The smallest absolute Gasteiger partial charge is 0.250 e. The second kappa shape index (κ2) is 3.31. The van der Waals surface area contributed by atoms with Crippen LogP contribution in [0.1, 0.15) is 5.56 Å². The molecular weight excluding hydrogens is 192 g/mol. The van der Waals surface area contributed by atoms with Gasteiger partial charge in [-0.1, -0.05) is 0 Å². The van der Waals surface area contributed by atoms with Crippen LogP contribution in [0.3, 0.4) is 0 Å². The van der Waals surface area contributed by atoms with Crippen molar-refractivity contribution < 1.29 is 8.42 Å². The van der Waals surface area contributed by atoms with E-state index in [0.717, 1.165) is 0 Å². The van der Waals surface area contributed by atoms with Crippen molar-refractivity contribution in [1.29, 1.82) is 0 Å². The monoisotopic (exact) mass is 202 g/mol. The topological polar surface area (TPSA) is 82.2 Å². The number of nitrogens with zero attached hydrogens (tertiary/aromatic N) is 1. The third-order valence-corrected chi connectivity index (χ3v) is 2.27. The summed E-state index contributed by atoms with van der Waals surface area (Å²) in [4.78, 5) is 11.1. The molecule has 72 valence electrons. The molecule has 1 aromatic heterocycles. The highest BCUT2D eigenvalue weighted by molar-refractivity contribution is 7.88. The van der Waals surface area contributed by atoms with Crippen LogP contribution in [0.25, 0.3) is 0 Å². The number of hydrogen-bond acceptors (Lipinski definition) is 3. The van der Waals surface area contributed by atoms with Gasteiger partial charge in [-0.25, -0.2) is 13.6 Å². The van der Waals surface area contributed by atoms with Gasteiger partial charge in [0.1, 0.15) is 0 Å². The minimum Gasteiger partial charge on any atom is -0.319 e. The molecule has 5 nitrogen and oxygen atoms in total. The standard InChI is InChI=1S/C7H10N2O3S/c1-9-3-2-6(4-7(9)10)5-13(8,11)12/h2-4H,5H2,1H3,(H2,8,11,12). The Balaban J connectivity index is 3.06. The molecule has 0 saturated carbocycles. The second-order valence-corrected chi connectivity index (χ2v) is 4.41. The highest BCUT2D eigenvalue weighted by Crippen LogP contribution is 1.98. The van der Waals surface area contributed by atoms with Crippen LogP contribution in [-0.2, 0) is 22.8 Å². The summed E-state index contributed by atoms with van der Waals surface area (Å²) >= 11 is 0. The first kappa shape index (κ1) is 9.94. The Morgan fingerprint density at radius 1 is 1.54 bits per heavy atom. The summed E-state index contributed by atoms with van der Waals surface area (Å²) in [5.41, 5.74) is 0.159. The minimum absolute atomic E-state index is 0.249. The van der Waals surface area contributed by atoms with Crippen LogP contribution in [0.2, 0.25) is 0 Å². The molecule has 0 aliphatic carbocycles. The van der Waals surface area contributed by atoms with E-state index in [-0.39, 0.29) is 11.3 Å². The molecule has 2 N–H and O–H groups in total. The summed E-state index contributed by atoms with van der Waals surface area (Å²) in [5, 5.41) is 4.82. The molecule has 0 radical (unpaired) electrons. The molecule has 0 unspecified atom stereocenters. The summed E-state index contributed by atoms with van der Waals surface area (Å²) in [5.74, 6) is -0.303. The van der Waals surface area contributed by atoms with Crippen LogP contribution in [0.15, 0.2) is 23.1 Å². The number of aryl methyl sites for hydroxylation is 1. The fourth-order valence-electron chi connectivity index (χ4n) is 0.912. The quantitative estimate of drug-likeness (QED) is 0.679. The third kappa shape index (κ3) is 3.00. The molecule has 1 aromatic rings. The van der Waals surface area contributed by atoms with E-state index >= 15 is 0 Å². The third-order valence-electron chi connectivity index (χ3n) is 1.54. The van der Waals surface area contributed by atoms with Crippen molar-refractivity contribution in [1.82, 2.24) is 4.57 Å². The zero-order valence-electron chi connectivity index (χ0n) is 7.10. The molecule has 1 rings (SSSR count). The Morgan fingerprint density at radius 2 is 2.15 bits per heavy atom. The van der Waals surface area contributed by atoms with E-state index in [1.807, 2.05) is 0 Å².